The molecule has 2 aromatic carbocycles. The maximum Gasteiger partial charge on any atom is 0.242 e. The van der Waals surface area contributed by atoms with Gasteiger partial charge in [0.05, 0.1) is 29.1 Å². The number of carbonyl (C=O) groups excluding carboxylic acids is 2. The molecule has 0 heterocycles. The third-order valence-corrected chi connectivity index (χ3v) is 8.00. The summed E-state index contributed by atoms with van der Waals surface area (Å²) in [6, 6.07) is 11.1. The lowest BCUT2D eigenvalue weighted by molar-refractivity contribution is -0.141. The summed E-state index contributed by atoms with van der Waals surface area (Å²) in [6.07, 6.45) is 3.66. The number of sulfonamides is 1. The van der Waals surface area contributed by atoms with Gasteiger partial charge in [0, 0.05) is 26.1 Å². The Hall–Kier alpha value is -2.49. The molecule has 0 bridgehead atoms. The van der Waals surface area contributed by atoms with Crippen LogP contribution in [0.5, 0.6) is 5.75 Å². The number of benzene rings is 2. The lowest BCUT2D eigenvalue weighted by Gasteiger charge is -2.31. The fourth-order valence-electron chi connectivity index (χ4n) is 4.01. The molecule has 0 aromatic heterocycles. The fourth-order valence-corrected chi connectivity index (χ4v) is 5.30. The Morgan fingerprint density at radius 2 is 1.71 bits per heavy atom. The van der Waals surface area contributed by atoms with Gasteiger partial charge >= 0.3 is 0 Å². The van der Waals surface area contributed by atoms with Gasteiger partial charge in [-0.2, -0.15) is 0 Å². The molecule has 210 valence electrons. The Balaban J connectivity index is 2.22. The van der Waals surface area contributed by atoms with Crippen LogP contribution in [-0.2, 0) is 26.2 Å². The molecule has 0 aliphatic heterocycles. The van der Waals surface area contributed by atoms with Crippen LogP contribution in [0.3, 0.4) is 0 Å². The SMILES string of the molecule is CCCCNC(=O)C(CC)N(Cc1ccc(Cl)c(Cl)c1)C(=O)CCCN(c1ccc(OC)cc1)S(C)(=O)=O. The summed E-state index contributed by atoms with van der Waals surface area (Å²) < 4.78 is 31.4. The summed E-state index contributed by atoms with van der Waals surface area (Å²) in [5, 5.41) is 3.68. The zero-order valence-electron chi connectivity index (χ0n) is 22.4. The van der Waals surface area contributed by atoms with Crippen LogP contribution < -0.4 is 14.4 Å². The molecule has 1 atom stereocenters. The van der Waals surface area contributed by atoms with Crippen LogP contribution in [0.15, 0.2) is 42.5 Å². The highest BCUT2D eigenvalue weighted by molar-refractivity contribution is 7.92. The normalized spacial score (nSPS) is 12.1. The van der Waals surface area contributed by atoms with E-state index >= 15 is 0 Å². The van der Waals surface area contributed by atoms with Gasteiger partial charge in [-0.3, -0.25) is 13.9 Å². The molecule has 2 rings (SSSR count). The summed E-state index contributed by atoms with van der Waals surface area (Å²) >= 11 is 12.2. The van der Waals surface area contributed by atoms with Gasteiger partial charge in [0.2, 0.25) is 21.8 Å². The first-order chi connectivity index (χ1) is 18.0. The van der Waals surface area contributed by atoms with Crippen LogP contribution >= 0.6 is 23.2 Å². The first-order valence-electron chi connectivity index (χ1n) is 12.6. The zero-order chi connectivity index (χ0) is 28.3. The molecule has 0 aliphatic carbocycles. The molecular formula is C27H37Cl2N3O5S. The third-order valence-electron chi connectivity index (χ3n) is 6.06. The van der Waals surface area contributed by atoms with E-state index < -0.39 is 16.1 Å². The van der Waals surface area contributed by atoms with Gasteiger partial charge in [-0.1, -0.05) is 49.5 Å². The Kier molecular flexibility index (Phi) is 12.7. The number of halogens is 2. The predicted octanol–water partition coefficient (Wildman–Crippen LogP) is 5.27. The van der Waals surface area contributed by atoms with Crippen molar-refractivity contribution in [3.63, 3.8) is 0 Å². The molecular weight excluding hydrogens is 549 g/mol. The van der Waals surface area contributed by atoms with Crippen LogP contribution in [0.1, 0.15) is 51.5 Å². The average molecular weight is 587 g/mol. The van der Waals surface area contributed by atoms with Crippen molar-refractivity contribution in [1.29, 1.82) is 0 Å². The second kappa shape index (κ2) is 15.2. The molecule has 0 fully saturated rings. The van der Waals surface area contributed by atoms with E-state index in [-0.39, 0.29) is 37.7 Å². The molecule has 0 saturated heterocycles. The Morgan fingerprint density at radius 3 is 2.26 bits per heavy atom. The van der Waals surface area contributed by atoms with Crippen LogP contribution in [0, 0.1) is 0 Å². The largest absolute Gasteiger partial charge is 0.497 e. The van der Waals surface area contributed by atoms with Crippen LogP contribution in [0.4, 0.5) is 5.69 Å². The second-order valence-electron chi connectivity index (χ2n) is 8.98. The minimum Gasteiger partial charge on any atom is -0.497 e. The van der Waals surface area contributed by atoms with Gasteiger partial charge in [0.1, 0.15) is 11.8 Å². The van der Waals surface area contributed by atoms with E-state index in [0.717, 1.165) is 24.7 Å². The van der Waals surface area contributed by atoms with Crippen LogP contribution in [0.25, 0.3) is 0 Å². The monoisotopic (exact) mass is 585 g/mol. The molecule has 0 aliphatic rings. The summed E-state index contributed by atoms with van der Waals surface area (Å²) in [7, 11) is -2.05. The predicted molar refractivity (Wildman–Crippen MR) is 153 cm³/mol. The topological polar surface area (TPSA) is 96.0 Å². The quantitative estimate of drug-likeness (QED) is 0.287. The molecule has 8 nitrogen and oxygen atoms in total. The first-order valence-corrected chi connectivity index (χ1v) is 15.2. The van der Waals surface area contributed by atoms with Gasteiger partial charge < -0.3 is 15.0 Å². The van der Waals surface area contributed by atoms with Crippen molar-refractivity contribution in [3.8, 4) is 5.75 Å². The Bertz CT molecular complexity index is 1180. The van der Waals surface area contributed by atoms with E-state index in [1.165, 1.54) is 11.4 Å². The van der Waals surface area contributed by atoms with Gasteiger partial charge in [0.15, 0.2) is 0 Å². The first kappa shape index (κ1) is 31.7. The van der Waals surface area contributed by atoms with E-state index in [4.69, 9.17) is 27.9 Å². The maximum absolute atomic E-state index is 13.5. The lowest BCUT2D eigenvalue weighted by Crippen LogP contribution is -2.49. The Labute approximate surface area is 236 Å². The van der Waals surface area contributed by atoms with Gasteiger partial charge in [-0.15, -0.1) is 0 Å². The average Bonchev–Trinajstić information content (AvgIpc) is 2.88. The third kappa shape index (κ3) is 9.36. The number of rotatable bonds is 15. The van der Waals surface area contributed by atoms with Crippen molar-refractivity contribution in [2.24, 2.45) is 0 Å². The van der Waals surface area contributed by atoms with Crippen molar-refractivity contribution < 1.29 is 22.7 Å². The number of hydrogen-bond donors (Lipinski definition) is 1. The number of anilines is 1. The zero-order valence-corrected chi connectivity index (χ0v) is 24.7. The Morgan fingerprint density at radius 1 is 1.03 bits per heavy atom. The lowest BCUT2D eigenvalue weighted by atomic mass is 10.1. The smallest absolute Gasteiger partial charge is 0.242 e. The second-order valence-corrected chi connectivity index (χ2v) is 11.7. The van der Waals surface area contributed by atoms with Gasteiger partial charge in [0.25, 0.3) is 0 Å². The van der Waals surface area contributed by atoms with E-state index in [9.17, 15) is 18.0 Å². The number of nitrogens with one attached hydrogen (secondary N) is 1. The molecule has 0 saturated carbocycles. The highest BCUT2D eigenvalue weighted by Gasteiger charge is 2.29. The highest BCUT2D eigenvalue weighted by atomic mass is 35.5. The van der Waals surface area contributed by atoms with Crippen molar-refractivity contribution in [2.45, 2.75) is 58.5 Å². The van der Waals surface area contributed by atoms with Crippen molar-refractivity contribution in [3.05, 3.63) is 58.1 Å². The molecule has 2 aromatic rings. The van der Waals surface area contributed by atoms with Crippen molar-refractivity contribution in [1.82, 2.24) is 10.2 Å². The summed E-state index contributed by atoms with van der Waals surface area (Å²) in [6.45, 7) is 4.70. The number of ether oxygens (including phenoxy) is 1. The highest BCUT2D eigenvalue weighted by Crippen LogP contribution is 2.25. The number of nitrogens with zero attached hydrogens (tertiary/aromatic N) is 2. The summed E-state index contributed by atoms with van der Waals surface area (Å²) in [5.41, 5.74) is 1.22. The standard InChI is InChI=1S/C27H37Cl2N3O5S/c1-5-7-16-30-27(34)25(6-2)31(19-20-10-15-23(28)24(29)18-20)26(33)9-8-17-32(38(4,35)36)21-11-13-22(37-3)14-12-21/h10-15,18,25H,5-9,16-17,19H2,1-4H3,(H,30,34). The number of amides is 2. The van der Waals surface area contributed by atoms with E-state index in [1.54, 1.807) is 47.4 Å². The minimum atomic E-state index is -3.58. The van der Waals surface area contributed by atoms with Crippen molar-refractivity contribution in [2.75, 3.05) is 30.8 Å². The fraction of sp³-hybridized carbons (Fsp3) is 0.481. The molecule has 0 spiro atoms. The van der Waals surface area contributed by atoms with E-state index in [2.05, 4.69) is 5.32 Å². The molecule has 11 heteroatoms. The molecule has 0 radical (unpaired) electrons. The molecule has 1 unspecified atom stereocenters. The van der Waals surface area contributed by atoms with Crippen LogP contribution in [0.2, 0.25) is 10.0 Å². The van der Waals surface area contributed by atoms with Gasteiger partial charge in [-0.05, 0) is 61.2 Å². The summed E-state index contributed by atoms with van der Waals surface area (Å²) in [5.74, 6) is 0.139. The number of unbranched alkanes of at least 4 members (excludes halogenated alkanes) is 1. The number of carbonyl (C=O) groups is 2. The number of methoxy groups -OCH3 is 1. The van der Waals surface area contributed by atoms with Crippen LogP contribution in [-0.4, -0.2) is 57.6 Å². The maximum atomic E-state index is 13.5. The van der Waals surface area contributed by atoms with Crippen molar-refractivity contribution >= 4 is 50.7 Å². The molecule has 1 N–H and O–H groups in total. The minimum absolute atomic E-state index is 0.0578. The van der Waals surface area contributed by atoms with E-state index in [1.807, 2.05) is 13.8 Å². The number of hydrogen-bond acceptors (Lipinski definition) is 5. The summed E-state index contributed by atoms with van der Waals surface area (Å²) in [4.78, 5) is 28.0. The van der Waals surface area contributed by atoms with Gasteiger partial charge in [-0.25, -0.2) is 8.42 Å². The molecule has 2 amide bonds. The van der Waals surface area contributed by atoms with E-state index in [0.29, 0.717) is 34.4 Å². The molecule has 38 heavy (non-hydrogen) atoms.